The number of rotatable bonds is 6. The average Bonchev–Trinajstić information content (AvgIpc) is 3.27. The van der Waals surface area contributed by atoms with Gasteiger partial charge in [0, 0.05) is 24.4 Å². The maximum absolute atomic E-state index is 13.4. The Labute approximate surface area is 174 Å². The van der Waals surface area contributed by atoms with Crippen LogP contribution in [-0.4, -0.2) is 60.9 Å². The van der Waals surface area contributed by atoms with Gasteiger partial charge in [-0.15, -0.1) is 0 Å². The number of imide groups is 1. The van der Waals surface area contributed by atoms with Crippen molar-refractivity contribution >= 4 is 35.2 Å². The molecule has 1 aromatic carbocycles. The fourth-order valence-corrected chi connectivity index (χ4v) is 5.56. The standard InChI is InChI=1S/C21H27N3O4S/c1-11-5-6-13-17(12(11)2)22-20(27)21(13)16-15(14(23-21)7-10-29-4)18(25)24(19(16)26)8-9-28-3/h5-6,14-16,23H,7-10H2,1-4H3,(H,22,27)/t14?,15-,16+,21?/m1/s1. The Balaban J connectivity index is 1.83. The van der Waals surface area contributed by atoms with Crippen molar-refractivity contribution in [1.82, 2.24) is 10.2 Å². The molecule has 2 unspecified atom stereocenters. The van der Waals surface area contributed by atoms with Gasteiger partial charge < -0.3 is 10.1 Å². The fraction of sp³-hybridized carbons (Fsp3) is 0.571. The van der Waals surface area contributed by atoms with E-state index in [0.717, 1.165) is 28.1 Å². The van der Waals surface area contributed by atoms with Crippen molar-refractivity contribution in [2.24, 2.45) is 11.8 Å². The highest BCUT2D eigenvalue weighted by Crippen LogP contribution is 2.54. The summed E-state index contributed by atoms with van der Waals surface area (Å²) >= 11 is 1.69. The molecule has 0 aromatic heterocycles. The number of methoxy groups -OCH3 is 1. The molecule has 3 heterocycles. The Morgan fingerprint density at radius 2 is 1.97 bits per heavy atom. The maximum Gasteiger partial charge on any atom is 0.250 e. The summed E-state index contributed by atoms with van der Waals surface area (Å²) in [6.45, 7) is 4.47. The second-order valence-electron chi connectivity index (χ2n) is 8.05. The number of nitrogens with zero attached hydrogens (tertiary/aromatic N) is 1. The Morgan fingerprint density at radius 3 is 2.66 bits per heavy atom. The molecule has 7 nitrogen and oxygen atoms in total. The first-order chi connectivity index (χ1) is 13.9. The summed E-state index contributed by atoms with van der Waals surface area (Å²) in [5, 5.41) is 6.48. The molecule has 29 heavy (non-hydrogen) atoms. The summed E-state index contributed by atoms with van der Waals surface area (Å²) in [5.74, 6) is -1.14. The van der Waals surface area contributed by atoms with E-state index < -0.39 is 17.4 Å². The number of benzene rings is 1. The van der Waals surface area contributed by atoms with Gasteiger partial charge in [-0.2, -0.15) is 11.8 Å². The molecule has 8 heteroatoms. The van der Waals surface area contributed by atoms with E-state index in [2.05, 4.69) is 10.6 Å². The number of ether oxygens (including phenoxy) is 1. The highest BCUT2D eigenvalue weighted by Gasteiger charge is 2.70. The summed E-state index contributed by atoms with van der Waals surface area (Å²) < 4.78 is 5.09. The first-order valence-electron chi connectivity index (χ1n) is 9.91. The highest BCUT2D eigenvalue weighted by atomic mass is 32.2. The Kier molecular flexibility index (Phi) is 5.21. The predicted molar refractivity (Wildman–Crippen MR) is 112 cm³/mol. The molecule has 1 spiro atoms. The lowest BCUT2D eigenvalue weighted by atomic mass is 9.76. The third kappa shape index (κ3) is 2.76. The van der Waals surface area contributed by atoms with E-state index in [1.54, 1.807) is 18.9 Å². The minimum absolute atomic E-state index is 0.197. The monoisotopic (exact) mass is 417 g/mol. The van der Waals surface area contributed by atoms with Crippen molar-refractivity contribution in [2.45, 2.75) is 31.8 Å². The Bertz CT molecular complexity index is 889. The molecule has 0 saturated carbocycles. The molecule has 4 atom stereocenters. The van der Waals surface area contributed by atoms with Crippen LogP contribution in [0.15, 0.2) is 12.1 Å². The number of aryl methyl sites for hydroxylation is 1. The maximum atomic E-state index is 13.4. The molecule has 0 radical (unpaired) electrons. The quantitative estimate of drug-likeness (QED) is 0.681. The van der Waals surface area contributed by atoms with Gasteiger partial charge in [0.25, 0.3) is 0 Å². The van der Waals surface area contributed by atoms with Crippen LogP contribution in [0.4, 0.5) is 5.69 Å². The number of hydrogen-bond acceptors (Lipinski definition) is 6. The average molecular weight is 418 g/mol. The van der Waals surface area contributed by atoms with Gasteiger partial charge in [-0.25, -0.2) is 0 Å². The number of anilines is 1. The molecule has 3 aliphatic rings. The first-order valence-corrected chi connectivity index (χ1v) is 11.3. The van der Waals surface area contributed by atoms with E-state index >= 15 is 0 Å². The van der Waals surface area contributed by atoms with Crippen molar-refractivity contribution < 1.29 is 19.1 Å². The minimum atomic E-state index is -1.20. The van der Waals surface area contributed by atoms with Crippen LogP contribution in [0.25, 0.3) is 0 Å². The van der Waals surface area contributed by atoms with Gasteiger partial charge >= 0.3 is 0 Å². The van der Waals surface area contributed by atoms with Crippen LogP contribution in [-0.2, 0) is 24.7 Å². The van der Waals surface area contributed by atoms with E-state index in [9.17, 15) is 14.4 Å². The van der Waals surface area contributed by atoms with Crippen molar-refractivity contribution in [1.29, 1.82) is 0 Å². The molecular weight excluding hydrogens is 390 g/mol. The van der Waals surface area contributed by atoms with Gasteiger partial charge in [-0.1, -0.05) is 12.1 Å². The van der Waals surface area contributed by atoms with Gasteiger partial charge in [0.15, 0.2) is 0 Å². The minimum Gasteiger partial charge on any atom is -0.383 e. The molecule has 0 aliphatic carbocycles. The second kappa shape index (κ2) is 7.41. The van der Waals surface area contributed by atoms with Crippen molar-refractivity contribution in [3.63, 3.8) is 0 Å². The van der Waals surface area contributed by atoms with Crippen LogP contribution >= 0.6 is 11.8 Å². The van der Waals surface area contributed by atoms with Crippen molar-refractivity contribution in [3.05, 3.63) is 28.8 Å². The number of nitrogens with one attached hydrogen (secondary N) is 2. The van der Waals surface area contributed by atoms with E-state index in [0.29, 0.717) is 6.42 Å². The topological polar surface area (TPSA) is 87.7 Å². The van der Waals surface area contributed by atoms with Crippen LogP contribution in [0.3, 0.4) is 0 Å². The molecular formula is C21H27N3O4S. The Hall–Kier alpha value is -1.90. The van der Waals surface area contributed by atoms with Crippen LogP contribution in [0, 0.1) is 25.7 Å². The molecule has 2 N–H and O–H groups in total. The molecule has 0 bridgehead atoms. The lowest BCUT2D eigenvalue weighted by Crippen LogP contribution is -2.53. The number of likely N-dealkylation sites (tertiary alicyclic amines) is 1. The molecule has 4 rings (SSSR count). The largest absolute Gasteiger partial charge is 0.383 e. The van der Waals surface area contributed by atoms with E-state index in [4.69, 9.17) is 4.74 Å². The van der Waals surface area contributed by atoms with Gasteiger partial charge in [0.1, 0.15) is 5.54 Å². The van der Waals surface area contributed by atoms with Crippen LogP contribution in [0.5, 0.6) is 0 Å². The van der Waals surface area contributed by atoms with E-state index in [1.165, 1.54) is 4.90 Å². The van der Waals surface area contributed by atoms with Gasteiger partial charge in [0.2, 0.25) is 17.7 Å². The van der Waals surface area contributed by atoms with Crippen molar-refractivity contribution in [3.8, 4) is 0 Å². The number of hydrogen-bond donors (Lipinski definition) is 2. The van der Waals surface area contributed by atoms with Crippen molar-refractivity contribution in [2.75, 3.05) is 37.6 Å². The SMILES string of the molecule is COCCN1C(=O)[C@@H]2C(CCSC)NC3(C(=O)Nc4c3ccc(C)c4C)[C@@H]2C1=O. The third-order valence-electron chi connectivity index (χ3n) is 6.66. The molecule has 156 valence electrons. The Morgan fingerprint density at radius 1 is 1.21 bits per heavy atom. The van der Waals surface area contributed by atoms with E-state index in [-0.39, 0.29) is 36.9 Å². The van der Waals surface area contributed by atoms with Crippen LogP contribution in [0.1, 0.15) is 23.1 Å². The zero-order valence-electron chi connectivity index (χ0n) is 17.2. The normalized spacial score (nSPS) is 30.3. The lowest BCUT2D eigenvalue weighted by molar-refractivity contribution is -0.143. The zero-order valence-corrected chi connectivity index (χ0v) is 18.0. The first kappa shape index (κ1) is 20.4. The summed E-state index contributed by atoms with van der Waals surface area (Å²) in [6, 6.07) is 3.67. The number of carbonyl (C=O) groups is 3. The molecule has 3 amide bonds. The predicted octanol–water partition coefficient (Wildman–Crippen LogP) is 1.42. The fourth-order valence-electron chi connectivity index (χ4n) is 5.08. The number of amides is 3. The third-order valence-corrected chi connectivity index (χ3v) is 7.31. The zero-order chi connectivity index (χ0) is 20.9. The highest BCUT2D eigenvalue weighted by molar-refractivity contribution is 7.98. The van der Waals surface area contributed by atoms with Crippen LogP contribution in [0.2, 0.25) is 0 Å². The number of thioether (sulfide) groups is 1. The smallest absolute Gasteiger partial charge is 0.250 e. The van der Waals surface area contributed by atoms with Crippen LogP contribution < -0.4 is 10.6 Å². The van der Waals surface area contributed by atoms with Gasteiger partial charge in [-0.05, 0) is 43.4 Å². The lowest BCUT2D eigenvalue weighted by Gasteiger charge is -2.29. The summed E-state index contributed by atoms with van der Waals surface area (Å²) in [6.07, 6.45) is 2.73. The molecule has 3 aliphatic heterocycles. The number of fused-ring (bicyclic) bond motifs is 4. The van der Waals surface area contributed by atoms with Gasteiger partial charge in [0.05, 0.1) is 25.0 Å². The summed E-state index contributed by atoms with van der Waals surface area (Å²) in [7, 11) is 1.54. The molecule has 2 saturated heterocycles. The summed E-state index contributed by atoms with van der Waals surface area (Å²) in [5.41, 5.74) is 2.41. The summed E-state index contributed by atoms with van der Waals surface area (Å²) in [4.78, 5) is 41.3. The van der Waals surface area contributed by atoms with Gasteiger partial charge in [-0.3, -0.25) is 24.6 Å². The number of carbonyl (C=O) groups excluding carboxylic acids is 3. The second-order valence-corrected chi connectivity index (χ2v) is 9.03. The van der Waals surface area contributed by atoms with E-state index in [1.807, 2.05) is 32.2 Å². The molecule has 1 aromatic rings. The molecule has 2 fully saturated rings.